The number of aryl methyl sites for hydroxylation is 1. The van der Waals surface area contributed by atoms with Gasteiger partial charge in [0.25, 0.3) is 15.9 Å². The van der Waals surface area contributed by atoms with Crippen molar-refractivity contribution in [3.8, 4) is 5.75 Å². The molecule has 1 amide bonds. The molecule has 192 valence electrons. The molecule has 0 unspecified atom stereocenters. The summed E-state index contributed by atoms with van der Waals surface area (Å²) >= 11 is 0. The van der Waals surface area contributed by atoms with Gasteiger partial charge in [-0.2, -0.15) is 26.3 Å². The standard InChI is InChI=1S/C23H18F6N2O4S/c1-14-9-19(36(33,34)31-17-5-3-2-4-6-17)7-8-20(14)35-13-21(32)30-18-11-15(22(24,25)26)10-16(12-18)23(27,28)29/h2-12,31H,13H2,1H3,(H,30,32). The molecule has 0 aliphatic rings. The Bertz CT molecular complexity index is 1330. The van der Waals surface area contributed by atoms with Crippen LogP contribution in [0, 0.1) is 6.92 Å². The molecule has 0 atom stereocenters. The summed E-state index contributed by atoms with van der Waals surface area (Å²) < 4.78 is 111. The predicted octanol–water partition coefficient (Wildman–Crippen LogP) is 5.85. The minimum absolute atomic E-state index is 0.0578. The maximum atomic E-state index is 13.0. The van der Waals surface area contributed by atoms with Gasteiger partial charge in [0.2, 0.25) is 0 Å². The fraction of sp³-hybridized carbons (Fsp3) is 0.174. The maximum absolute atomic E-state index is 13.0. The number of hydrogen-bond donors (Lipinski definition) is 2. The van der Waals surface area contributed by atoms with Crippen LogP contribution in [0.5, 0.6) is 5.75 Å². The third kappa shape index (κ3) is 6.90. The lowest BCUT2D eigenvalue weighted by Crippen LogP contribution is -2.21. The largest absolute Gasteiger partial charge is 0.483 e. The fourth-order valence-electron chi connectivity index (χ4n) is 3.04. The molecule has 0 aliphatic carbocycles. The van der Waals surface area contributed by atoms with Gasteiger partial charge in [-0.15, -0.1) is 0 Å². The Kier molecular flexibility index (Phi) is 7.53. The van der Waals surface area contributed by atoms with E-state index in [0.717, 1.165) is 0 Å². The minimum Gasteiger partial charge on any atom is -0.483 e. The number of halogens is 6. The van der Waals surface area contributed by atoms with Gasteiger partial charge in [0.05, 0.1) is 16.0 Å². The van der Waals surface area contributed by atoms with Crippen LogP contribution in [0.2, 0.25) is 0 Å². The van der Waals surface area contributed by atoms with Crippen molar-refractivity contribution in [3.05, 3.63) is 83.4 Å². The highest BCUT2D eigenvalue weighted by atomic mass is 32.2. The minimum atomic E-state index is -5.06. The molecule has 3 rings (SSSR count). The zero-order valence-electron chi connectivity index (χ0n) is 18.4. The van der Waals surface area contributed by atoms with Crippen LogP contribution < -0.4 is 14.8 Å². The van der Waals surface area contributed by atoms with Gasteiger partial charge in [-0.1, -0.05) is 18.2 Å². The van der Waals surface area contributed by atoms with Gasteiger partial charge in [0.15, 0.2) is 6.61 Å². The van der Waals surface area contributed by atoms with Gasteiger partial charge in [-0.05, 0) is 61.0 Å². The Morgan fingerprint density at radius 2 is 1.42 bits per heavy atom. The van der Waals surface area contributed by atoms with Crippen molar-refractivity contribution in [1.29, 1.82) is 0 Å². The van der Waals surface area contributed by atoms with E-state index >= 15 is 0 Å². The number of sulfonamides is 1. The normalized spacial score (nSPS) is 12.2. The van der Waals surface area contributed by atoms with E-state index in [2.05, 4.69) is 4.72 Å². The van der Waals surface area contributed by atoms with Crippen LogP contribution in [0.15, 0.2) is 71.6 Å². The summed E-state index contributed by atoms with van der Waals surface area (Å²) in [4.78, 5) is 12.1. The van der Waals surface area contributed by atoms with Gasteiger partial charge in [-0.25, -0.2) is 8.42 Å². The van der Waals surface area contributed by atoms with Gasteiger partial charge in [0, 0.05) is 11.4 Å². The Morgan fingerprint density at radius 1 is 0.833 bits per heavy atom. The van der Waals surface area contributed by atoms with Crippen LogP contribution >= 0.6 is 0 Å². The van der Waals surface area contributed by atoms with E-state index in [1.807, 2.05) is 5.32 Å². The number of anilines is 2. The number of alkyl halides is 6. The molecule has 3 aromatic carbocycles. The molecule has 3 aromatic rings. The first-order valence-electron chi connectivity index (χ1n) is 10.1. The first kappa shape index (κ1) is 26.9. The number of carbonyl (C=O) groups is 1. The van der Waals surface area contributed by atoms with Gasteiger partial charge >= 0.3 is 12.4 Å². The Labute approximate surface area is 201 Å². The molecule has 0 spiro atoms. The van der Waals surface area contributed by atoms with Crippen LogP contribution in [-0.2, 0) is 27.2 Å². The van der Waals surface area contributed by atoms with Crippen molar-refractivity contribution in [2.45, 2.75) is 24.2 Å². The Hall–Kier alpha value is -3.74. The van der Waals surface area contributed by atoms with Crippen molar-refractivity contribution in [2.75, 3.05) is 16.6 Å². The van der Waals surface area contributed by atoms with Gasteiger partial charge < -0.3 is 10.1 Å². The van der Waals surface area contributed by atoms with E-state index in [0.29, 0.717) is 23.4 Å². The van der Waals surface area contributed by atoms with E-state index < -0.39 is 51.7 Å². The first-order chi connectivity index (χ1) is 16.6. The Morgan fingerprint density at radius 3 is 1.94 bits per heavy atom. The maximum Gasteiger partial charge on any atom is 0.416 e. The lowest BCUT2D eigenvalue weighted by molar-refractivity contribution is -0.143. The fourth-order valence-corrected chi connectivity index (χ4v) is 4.18. The van der Waals surface area contributed by atoms with E-state index in [4.69, 9.17) is 4.74 Å². The molecule has 0 radical (unpaired) electrons. The summed E-state index contributed by atoms with van der Waals surface area (Å²) in [6.45, 7) is 0.740. The molecular weight excluding hydrogens is 514 g/mol. The summed E-state index contributed by atoms with van der Waals surface area (Å²) in [5.74, 6) is -0.937. The molecule has 0 heterocycles. The molecular formula is C23H18F6N2O4S. The highest BCUT2D eigenvalue weighted by Gasteiger charge is 2.37. The zero-order chi connectivity index (χ0) is 26.7. The monoisotopic (exact) mass is 532 g/mol. The first-order valence-corrected chi connectivity index (χ1v) is 11.5. The van der Waals surface area contributed by atoms with Crippen LogP contribution in [0.3, 0.4) is 0 Å². The summed E-state index contributed by atoms with van der Waals surface area (Å²) in [7, 11) is -3.93. The number of hydrogen-bond acceptors (Lipinski definition) is 4. The van der Waals surface area contributed by atoms with Crippen LogP contribution in [0.1, 0.15) is 16.7 Å². The number of nitrogens with one attached hydrogen (secondary N) is 2. The van der Waals surface area contributed by atoms with Crippen molar-refractivity contribution in [1.82, 2.24) is 0 Å². The van der Waals surface area contributed by atoms with E-state index in [1.165, 1.54) is 25.1 Å². The lowest BCUT2D eigenvalue weighted by Gasteiger charge is -2.15. The molecule has 0 fully saturated rings. The second-order valence-corrected chi connectivity index (χ2v) is 9.21. The lowest BCUT2D eigenvalue weighted by atomic mass is 10.1. The molecule has 0 aromatic heterocycles. The Balaban J connectivity index is 1.70. The average Bonchev–Trinajstić information content (AvgIpc) is 2.77. The quantitative estimate of drug-likeness (QED) is 0.374. The van der Waals surface area contributed by atoms with Crippen LogP contribution in [0.4, 0.5) is 37.7 Å². The van der Waals surface area contributed by atoms with E-state index in [1.54, 1.807) is 30.3 Å². The van der Waals surface area contributed by atoms with E-state index in [-0.39, 0.29) is 16.7 Å². The number of amides is 1. The predicted molar refractivity (Wildman–Crippen MR) is 119 cm³/mol. The number of carbonyl (C=O) groups excluding carboxylic acids is 1. The van der Waals surface area contributed by atoms with Gasteiger partial charge in [0.1, 0.15) is 5.75 Å². The molecule has 6 nitrogen and oxygen atoms in total. The van der Waals surface area contributed by atoms with Gasteiger partial charge in [-0.3, -0.25) is 9.52 Å². The molecule has 0 aliphatic heterocycles. The third-order valence-corrected chi connectivity index (χ3v) is 6.09. The number of rotatable bonds is 7. The zero-order valence-corrected chi connectivity index (χ0v) is 19.2. The molecule has 0 saturated carbocycles. The van der Waals surface area contributed by atoms with Crippen LogP contribution in [-0.4, -0.2) is 20.9 Å². The third-order valence-electron chi connectivity index (χ3n) is 4.71. The summed E-state index contributed by atoms with van der Waals surface area (Å²) in [6, 6.07) is 12.6. The van der Waals surface area contributed by atoms with Crippen molar-refractivity contribution in [3.63, 3.8) is 0 Å². The topological polar surface area (TPSA) is 84.5 Å². The summed E-state index contributed by atoms with van der Waals surface area (Å²) in [5, 5.41) is 1.95. The molecule has 0 saturated heterocycles. The van der Waals surface area contributed by atoms with Crippen molar-refractivity contribution < 1.29 is 44.3 Å². The highest BCUT2D eigenvalue weighted by molar-refractivity contribution is 7.92. The smallest absolute Gasteiger partial charge is 0.416 e. The van der Waals surface area contributed by atoms with Crippen LogP contribution in [0.25, 0.3) is 0 Å². The summed E-state index contributed by atoms with van der Waals surface area (Å²) in [5.41, 5.74) is -3.21. The highest BCUT2D eigenvalue weighted by Crippen LogP contribution is 2.37. The molecule has 13 heteroatoms. The number of benzene rings is 3. The second-order valence-electron chi connectivity index (χ2n) is 7.53. The molecule has 0 bridgehead atoms. The van der Waals surface area contributed by atoms with E-state index in [9.17, 15) is 39.6 Å². The summed E-state index contributed by atoms with van der Waals surface area (Å²) in [6.07, 6.45) is -10.1. The second kappa shape index (κ2) is 10.1. The SMILES string of the molecule is Cc1cc(S(=O)(=O)Nc2ccccc2)ccc1OCC(=O)Nc1cc(C(F)(F)F)cc(C(F)(F)F)c1. The van der Waals surface area contributed by atoms with Crippen molar-refractivity contribution in [2.24, 2.45) is 0 Å². The number of ether oxygens (including phenoxy) is 1. The molecule has 36 heavy (non-hydrogen) atoms. The average molecular weight is 532 g/mol. The molecule has 2 N–H and O–H groups in total. The van der Waals surface area contributed by atoms with Crippen molar-refractivity contribution >= 4 is 27.3 Å². The number of para-hydroxylation sites is 1.